The van der Waals surface area contributed by atoms with Gasteiger partial charge in [0.2, 0.25) is 10.0 Å². The molecule has 0 radical (unpaired) electrons. The fourth-order valence-electron chi connectivity index (χ4n) is 2.96. The number of hydrogen-bond acceptors (Lipinski definition) is 4. The summed E-state index contributed by atoms with van der Waals surface area (Å²) in [7, 11) is -0.697. The number of amides is 2. The number of rotatable bonds is 7. The minimum Gasteiger partial charge on any atom is -0.348 e. The molecule has 0 saturated carbocycles. The largest absolute Gasteiger partial charge is 0.348 e. The molecule has 3 aromatic rings. The molecule has 0 fully saturated rings. The van der Waals surface area contributed by atoms with Crippen LogP contribution in [0.4, 0.5) is 5.69 Å². The maximum Gasteiger partial charge on any atom is 0.255 e. The lowest BCUT2D eigenvalue weighted by molar-refractivity contribution is 0.0951. The van der Waals surface area contributed by atoms with Gasteiger partial charge in [-0.05, 0) is 48.9 Å². The third-order valence-electron chi connectivity index (χ3n) is 4.89. The molecule has 0 spiro atoms. The van der Waals surface area contributed by atoms with Crippen molar-refractivity contribution >= 4 is 27.5 Å². The Labute approximate surface area is 188 Å². The average molecular weight is 452 g/mol. The summed E-state index contributed by atoms with van der Waals surface area (Å²) in [5.74, 6) is -0.758. The SMILES string of the molecule is Cc1ccc(CNC(=O)c2ccccc2NC(=O)c2ccc(S(=O)(=O)N(C)C)cc2)cc1. The van der Waals surface area contributed by atoms with Gasteiger partial charge in [0.25, 0.3) is 11.8 Å². The van der Waals surface area contributed by atoms with E-state index in [1.165, 1.54) is 38.4 Å². The fraction of sp³-hybridized carbons (Fsp3) is 0.167. The summed E-state index contributed by atoms with van der Waals surface area (Å²) >= 11 is 0. The molecular formula is C24H25N3O4S. The second kappa shape index (κ2) is 9.76. The van der Waals surface area contributed by atoms with Gasteiger partial charge in [-0.15, -0.1) is 0 Å². The third kappa shape index (κ3) is 5.40. The van der Waals surface area contributed by atoms with E-state index in [2.05, 4.69) is 10.6 Å². The molecule has 2 amide bonds. The highest BCUT2D eigenvalue weighted by Crippen LogP contribution is 2.18. The molecule has 0 bridgehead atoms. The molecule has 0 unspecified atom stereocenters. The number of carbonyl (C=O) groups is 2. The Balaban J connectivity index is 1.72. The van der Waals surface area contributed by atoms with Gasteiger partial charge in [-0.2, -0.15) is 0 Å². The van der Waals surface area contributed by atoms with E-state index in [1.54, 1.807) is 24.3 Å². The molecule has 0 aromatic heterocycles. The van der Waals surface area contributed by atoms with Crippen LogP contribution in [0.5, 0.6) is 0 Å². The minimum atomic E-state index is -3.58. The van der Waals surface area contributed by atoms with Crippen molar-refractivity contribution < 1.29 is 18.0 Å². The Morgan fingerprint density at radius 2 is 1.47 bits per heavy atom. The van der Waals surface area contributed by atoms with Gasteiger partial charge >= 0.3 is 0 Å². The van der Waals surface area contributed by atoms with Crippen molar-refractivity contribution in [3.05, 3.63) is 95.1 Å². The topological polar surface area (TPSA) is 95.6 Å². The van der Waals surface area contributed by atoms with E-state index in [-0.39, 0.29) is 16.4 Å². The number of aryl methyl sites for hydroxylation is 1. The van der Waals surface area contributed by atoms with Crippen molar-refractivity contribution in [2.24, 2.45) is 0 Å². The van der Waals surface area contributed by atoms with E-state index < -0.39 is 15.9 Å². The summed E-state index contributed by atoms with van der Waals surface area (Å²) in [6, 6.07) is 20.2. The lowest BCUT2D eigenvalue weighted by Crippen LogP contribution is -2.25. The quantitative estimate of drug-likeness (QED) is 0.575. The van der Waals surface area contributed by atoms with Crippen molar-refractivity contribution in [1.82, 2.24) is 9.62 Å². The third-order valence-corrected chi connectivity index (χ3v) is 6.72. The monoisotopic (exact) mass is 451 g/mol. The van der Waals surface area contributed by atoms with Crippen LogP contribution in [-0.2, 0) is 16.6 Å². The minimum absolute atomic E-state index is 0.0925. The number of benzene rings is 3. The van der Waals surface area contributed by atoms with E-state index >= 15 is 0 Å². The van der Waals surface area contributed by atoms with E-state index in [0.717, 1.165) is 15.4 Å². The van der Waals surface area contributed by atoms with Gasteiger partial charge in [-0.3, -0.25) is 9.59 Å². The Morgan fingerprint density at radius 1 is 0.844 bits per heavy atom. The van der Waals surface area contributed by atoms with Crippen LogP contribution in [0, 0.1) is 6.92 Å². The second-order valence-corrected chi connectivity index (χ2v) is 9.63. The molecule has 7 nitrogen and oxygen atoms in total. The first-order chi connectivity index (χ1) is 15.2. The average Bonchev–Trinajstić information content (AvgIpc) is 2.78. The molecule has 0 atom stereocenters. The van der Waals surface area contributed by atoms with Gasteiger partial charge in [-0.1, -0.05) is 42.0 Å². The van der Waals surface area contributed by atoms with Crippen LogP contribution in [-0.4, -0.2) is 38.6 Å². The summed E-state index contributed by atoms with van der Waals surface area (Å²) in [6.45, 7) is 2.36. The molecule has 0 aliphatic heterocycles. The maximum atomic E-state index is 12.7. The van der Waals surface area contributed by atoms with E-state index in [0.29, 0.717) is 17.8 Å². The molecular weight excluding hydrogens is 426 g/mol. The molecule has 3 aromatic carbocycles. The number of nitrogens with zero attached hydrogens (tertiary/aromatic N) is 1. The van der Waals surface area contributed by atoms with Gasteiger partial charge < -0.3 is 10.6 Å². The van der Waals surface area contributed by atoms with E-state index in [9.17, 15) is 18.0 Å². The number of carbonyl (C=O) groups excluding carboxylic acids is 2. The van der Waals surface area contributed by atoms with Crippen molar-refractivity contribution in [3.63, 3.8) is 0 Å². The van der Waals surface area contributed by atoms with Crippen LogP contribution in [0.1, 0.15) is 31.8 Å². The van der Waals surface area contributed by atoms with Crippen molar-refractivity contribution in [3.8, 4) is 0 Å². The van der Waals surface area contributed by atoms with Crippen LogP contribution in [0.2, 0.25) is 0 Å². The molecule has 0 aliphatic rings. The molecule has 8 heteroatoms. The van der Waals surface area contributed by atoms with Crippen LogP contribution in [0.25, 0.3) is 0 Å². The molecule has 166 valence electrons. The van der Waals surface area contributed by atoms with Crippen LogP contribution in [0.3, 0.4) is 0 Å². The highest BCUT2D eigenvalue weighted by atomic mass is 32.2. The lowest BCUT2D eigenvalue weighted by Gasteiger charge is -2.13. The first-order valence-electron chi connectivity index (χ1n) is 9.95. The zero-order valence-electron chi connectivity index (χ0n) is 18.1. The predicted octanol–water partition coefficient (Wildman–Crippen LogP) is 3.43. The molecule has 0 heterocycles. The van der Waals surface area contributed by atoms with Gasteiger partial charge in [0.15, 0.2) is 0 Å². The normalized spacial score (nSPS) is 11.2. The number of nitrogens with one attached hydrogen (secondary N) is 2. The van der Waals surface area contributed by atoms with Crippen LogP contribution < -0.4 is 10.6 Å². The molecule has 0 saturated heterocycles. The number of sulfonamides is 1. The van der Waals surface area contributed by atoms with Crippen molar-refractivity contribution in [1.29, 1.82) is 0 Å². The predicted molar refractivity (Wildman–Crippen MR) is 124 cm³/mol. The number of hydrogen-bond donors (Lipinski definition) is 2. The molecule has 3 rings (SSSR count). The highest BCUT2D eigenvalue weighted by molar-refractivity contribution is 7.89. The summed E-state index contributed by atoms with van der Waals surface area (Å²) < 4.78 is 25.5. The standard InChI is InChI=1S/C24H25N3O4S/c1-17-8-10-18(11-9-17)16-25-24(29)21-6-4-5-7-22(21)26-23(28)19-12-14-20(15-13-19)32(30,31)27(2)3/h4-15H,16H2,1-3H3,(H,25,29)(H,26,28). The second-order valence-electron chi connectivity index (χ2n) is 7.48. The number of anilines is 1. The van der Waals surface area contributed by atoms with Gasteiger partial charge in [0.05, 0.1) is 16.1 Å². The van der Waals surface area contributed by atoms with Gasteiger partial charge in [0, 0.05) is 26.2 Å². The zero-order valence-corrected chi connectivity index (χ0v) is 18.9. The van der Waals surface area contributed by atoms with Crippen molar-refractivity contribution in [2.75, 3.05) is 19.4 Å². The summed E-state index contributed by atoms with van der Waals surface area (Å²) in [4.78, 5) is 25.5. The smallest absolute Gasteiger partial charge is 0.255 e. The van der Waals surface area contributed by atoms with E-state index in [4.69, 9.17) is 0 Å². The Bertz CT molecular complexity index is 1220. The summed E-state index contributed by atoms with van der Waals surface area (Å²) in [6.07, 6.45) is 0. The fourth-order valence-corrected chi connectivity index (χ4v) is 3.86. The van der Waals surface area contributed by atoms with Gasteiger partial charge in [0.1, 0.15) is 0 Å². The first kappa shape index (κ1) is 23.2. The zero-order chi connectivity index (χ0) is 23.3. The van der Waals surface area contributed by atoms with Crippen LogP contribution in [0.15, 0.2) is 77.7 Å². The van der Waals surface area contributed by atoms with Crippen molar-refractivity contribution in [2.45, 2.75) is 18.4 Å². The van der Waals surface area contributed by atoms with E-state index in [1.807, 2.05) is 31.2 Å². The summed E-state index contributed by atoms with van der Waals surface area (Å²) in [5, 5.41) is 5.60. The maximum absolute atomic E-state index is 12.7. The lowest BCUT2D eigenvalue weighted by atomic mass is 10.1. The molecule has 0 aliphatic carbocycles. The van der Waals surface area contributed by atoms with Crippen LogP contribution >= 0.6 is 0 Å². The molecule has 2 N–H and O–H groups in total. The molecule has 32 heavy (non-hydrogen) atoms. The number of para-hydroxylation sites is 1. The Kier molecular flexibility index (Phi) is 7.07. The summed E-state index contributed by atoms with van der Waals surface area (Å²) in [5.41, 5.74) is 3.08. The highest BCUT2D eigenvalue weighted by Gasteiger charge is 2.18. The Morgan fingerprint density at radius 3 is 2.09 bits per heavy atom. The Hall–Kier alpha value is -3.49. The van der Waals surface area contributed by atoms with Gasteiger partial charge in [-0.25, -0.2) is 12.7 Å². The first-order valence-corrected chi connectivity index (χ1v) is 11.4.